The maximum Gasteiger partial charge on any atom is 0.0893 e. The lowest BCUT2D eigenvalue weighted by molar-refractivity contribution is 0.262. The van der Waals surface area contributed by atoms with Crippen LogP contribution in [0, 0.1) is 11.8 Å². The lowest BCUT2D eigenvalue weighted by atomic mass is 9.81. The van der Waals surface area contributed by atoms with E-state index in [9.17, 15) is 0 Å². The van der Waals surface area contributed by atoms with Gasteiger partial charge in [0.05, 0.1) is 5.69 Å². The van der Waals surface area contributed by atoms with E-state index >= 15 is 0 Å². The fraction of sp³-hybridized carbons (Fsp3) is 0.833. The molecule has 0 unspecified atom stereocenters. The summed E-state index contributed by atoms with van der Waals surface area (Å²) in [5.74, 6) is 1.88. The normalized spacial score (nSPS) is 25.8. The van der Waals surface area contributed by atoms with E-state index in [0.29, 0.717) is 0 Å². The van der Waals surface area contributed by atoms with Crippen molar-refractivity contribution in [2.45, 2.75) is 45.6 Å². The van der Waals surface area contributed by atoms with Crippen molar-refractivity contribution in [3.63, 3.8) is 0 Å². The molecule has 0 aromatic carbocycles. The predicted octanol–water partition coefficient (Wildman–Crippen LogP) is 2.84. The summed E-state index contributed by atoms with van der Waals surface area (Å²) in [5.41, 5.74) is 1.08. The molecule has 4 heteroatoms. The quantitative estimate of drug-likeness (QED) is 0.858. The maximum absolute atomic E-state index is 4.03. The van der Waals surface area contributed by atoms with Crippen LogP contribution in [0.1, 0.15) is 44.7 Å². The van der Waals surface area contributed by atoms with Crippen LogP contribution in [0.3, 0.4) is 0 Å². The summed E-state index contributed by atoms with van der Waals surface area (Å²) < 4.78 is 3.86. The van der Waals surface area contributed by atoms with Crippen LogP contribution < -0.4 is 5.32 Å². The van der Waals surface area contributed by atoms with Crippen LogP contribution in [0.5, 0.6) is 0 Å². The molecule has 0 atom stereocenters. The summed E-state index contributed by atoms with van der Waals surface area (Å²) in [5, 5.41) is 9.54. The van der Waals surface area contributed by atoms with Crippen LogP contribution in [0.4, 0.5) is 0 Å². The van der Waals surface area contributed by atoms with Crippen molar-refractivity contribution < 1.29 is 0 Å². The molecule has 1 N–H and O–H groups in total. The van der Waals surface area contributed by atoms with Gasteiger partial charge >= 0.3 is 0 Å². The van der Waals surface area contributed by atoms with E-state index in [-0.39, 0.29) is 0 Å². The minimum atomic E-state index is 0.879. The van der Waals surface area contributed by atoms with Gasteiger partial charge in [-0.15, -0.1) is 5.10 Å². The fourth-order valence-electron chi connectivity index (χ4n) is 2.51. The smallest absolute Gasteiger partial charge is 0.0893 e. The van der Waals surface area contributed by atoms with Gasteiger partial charge in [0.25, 0.3) is 0 Å². The van der Waals surface area contributed by atoms with Gasteiger partial charge in [-0.2, -0.15) is 0 Å². The van der Waals surface area contributed by atoms with Crippen molar-refractivity contribution in [3.05, 3.63) is 11.1 Å². The fourth-order valence-corrected chi connectivity index (χ4v) is 2.96. The Balaban J connectivity index is 1.60. The first kappa shape index (κ1) is 12.0. The average molecular weight is 239 g/mol. The molecule has 0 aliphatic heterocycles. The number of hydrogen-bond acceptors (Lipinski definition) is 4. The minimum Gasteiger partial charge on any atom is -0.311 e. The highest BCUT2D eigenvalue weighted by Gasteiger charge is 2.19. The second-order valence-electron chi connectivity index (χ2n) is 4.82. The van der Waals surface area contributed by atoms with Crippen LogP contribution in [-0.4, -0.2) is 16.1 Å². The molecule has 1 aromatic heterocycles. The van der Waals surface area contributed by atoms with Crippen LogP contribution >= 0.6 is 11.5 Å². The second kappa shape index (κ2) is 6.30. The molecular weight excluding hydrogens is 218 g/mol. The average Bonchev–Trinajstić information content (AvgIpc) is 2.83. The van der Waals surface area contributed by atoms with Crippen molar-refractivity contribution in [1.82, 2.24) is 14.9 Å². The van der Waals surface area contributed by atoms with Gasteiger partial charge in [0.15, 0.2) is 0 Å². The van der Waals surface area contributed by atoms with Gasteiger partial charge in [-0.25, -0.2) is 0 Å². The third-order valence-corrected chi connectivity index (χ3v) is 4.24. The Bertz CT molecular complexity index is 278. The van der Waals surface area contributed by atoms with Crippen molar-refractivity contribution in [2.75, 3.05) is 6.54 Å². The predicted molar refractivity (Wildman–Crippen MR) is 67.4 cm³/mol. The Hall–Kier alpha value is -0.480. The molecule has 1 aromatic rings. The van der Waals surface area contributed by atoms with Crippen LogP contribution in [0.15, 0.2) is 5.38 Å². The molecule has 3 nitrogen and oxygen atoms in total. The molecule has 16 heavy (non-hydrogen) atoms. The number of aromatic nitrogens is 2. The Labute approximate surface area is 102 Å². The minimum absolute atomic E-state index is 0.879. The molecule has 0 bridgehead atoms. The molecular formula is C12H21N3S. The van der Waals surface area contributed by atoms with Crippen molar-refractivity contribution in [1.29, 1.82) is 0 Å². The van der Waals surface area contributed by atoms with E-state index in [1.807, 2.05) is 5.38 Å². The molecule has 0 spiro atoms. The highest BCUT2D eigenvalue weighted by molar-refractivity contribution is 7.03. The van der Waals surface area contributed by atoms with Crippen LogP contribution in [-0.2, 0) is 6.54 Å². The van der Waals surface area contributed by atoms with Gasteiger partial charge in [-0.3, -0.25) is 0 Å². The first-order valence-corrected chi connectivity index (χ1v) is 7.18. The van der Waals surface area contributed by atoms with E-state index in [1.165, 1.54) is 43.6 Å². The molecule has 0 radical (unpaired) electrons. The third kappa shape index (κ3) is 3.52. The Kier molecular flexibility index (Phi) is 4.72. The van der Waals surface area contributed by atoms with Gasteiger partial charge in [-0.05, 0) is 42.8 Å². The first-order chi connectivity index (χ1) is 7.88. The zero-order chi connectivity index (χ0) is 11.2. The highest BCUT2D eigenvalue weighted by atomic mass is 32.1. The zero-order valence-corrected chi connectivity index (χ0v) is 10.8. The molecule has 0 saturated heterocycles. The van der Waals surface area contributed by atoms with Crippen molar-refractivity contribution in [2.24, 2.45) is 11.8 Å². The number of nitrogens with one attached hydrogen (secondary N) is 1. The number of nitrogens with zero attached hydrogens (tertiary/aromatic N) is 2. The van der Waals surface area contributed by atoms with Gasteiger partial charge in [-0.1, -0.05) is 30.7 Å². The van der Waals surface area contributed by atoms with Crippen LogP contribution in [0.25, 0.3) is 0 Å². The molecule has 90 valence electrons. The second-order valence-corrected chi connectivity index (χ2v) is 5.43. The molecule has 1 heterocycles. The summed E-state index contributed by atoms with van der Waals surface area (Å²) >= 11 is 1.43. The Morgan fingerprint density at radius 3 is 2.69 bits per heavy atom. The van der Waals surface area contributed by atoms with Gasteiger partial charge < -0.3 is 5.32 Å². The van der Waals surface area contributed by atoms with E-state index in [0.717, 1.165) is 30.6 Å². The van der Waals surface area contributed by atoms with Crippen LogP contribution in [0.2, 0.25) is 0 Å². The van der Waals surface area contributed by atoms with Gasteiger partial charge in [0.2, 0.25) is 0 Å². The molecule has 2 rings (SSSR count). The topological polar surface area (TPSA) is 37.8 Å². The van der Waals surface area contributed by atoms with E-state index < -0.39 is 0 Å². The lowest BCUT2D eigenvalue weighted by Crippen LogP contribution is -2.26. The van der Waals surface area contributed by atoms with Crippen molar-refractivity contribution >= 4 is 11.5 Å². The van der Waals surface area contributed by atoms with Gasteiger partial charge in [0.1, 0.15) is 0 Å². The maximum atomic E-state index is 4.03. The summed E-state index contributed by atoms with van der Waals surface area (Å²) in [6.45, 7) is 4.34. The zero-order valence-electron chi connectivity index (χ0n) is 9.98. The third-order valence-electron chi connectivity index (χ3n) is 3.69. The monoisotopic (exact) mass is 239 g/mol. The largest absolute Gasteiger partial charge is 0.311 e. The molecule has 0 amide bonds. The Morgan fingerprint density at radius 1 is 1.31 bits per heavy atom. The molecule has 1 aliphatic rings. The molecule has 1 fully saturated rings. The molecule has 1 saturated carbocycles. The highest BCUT2D eigenvalue weighted by Crippen LogP contribution is 2.30. The summed E-state index contributed by atoms with van der Waals surface area (Å²) in [6.07, 6.45) is 7.04. The lowest BCUT2D eigenvalue weighted by Gasteiger charge is -2.27. The van der Waals surface area contributed by atoms with E-state index in [4.69, 9.17) is 0 Å². The standard InChI is InChI=1S/C12H21N3S/c1-2-10-3-5-11(6-4-10)7-13-8-12-9-16-15-14-12/h9-11,13H,2-8H2,1H3. The first-order valence-electron chi connectivity index (χ1n) is 6.35. The summed E-state index contributed by atoms with van der Waals surface area (Å²) in [7, 11) is 0. The van der Waals surface area contributed by atoms with Gasteiger partial charge in [0, 0.05) is 11.9 Å². The van der Waals surface area contributed by atoms with Crippen molar-refractivity contribution in [3.8, 4) is 0 Å². The Morgan fingerprint density at radius 2 is 2.06 bits per heavy atom. The van der Waals surface area contributed by atoms with E-state index in [2.05, 4.69) is 21.8 Å². The molecule has 1 aliphatic carbocycles. The van der Waals surface area contributed by atoms with E-state index in [1.54, 1.807) is 0 Å². The number of rotatable bonds is 5. The SMILES string of the molecule is CCC1CCC(CNCc2csnn2)CC1. The summed E-state index contributed by atoms with van der Waals surface area (Å²) in [6, 6.07) is 0. The number of hydrogen-bond donors (Lipinski definition) is 1. The summed E-state index contributed by atoms with van der Waals surface area (Å²) in [4.78, 5) is 0.